The smallest absolute Gasteiger partial charge is 0.161 e. The predicted octanol–water partition coefficient (Wildman–Crippen LogP) is 2.83. The molecule has 0 atom stereocenters. The summed E-state index contributed by atoms with van der Waals surface area (Å²) in [6.07, 6.45) is 5.83. The molecule has 0 aliphatic rings. The molecule has 0 aromatic heterocycles. The van der Waals surface area contributed by atoms with E-state index in [4.69, 9.17) is 9.47 Å². The lowest BCUT2D eigenvalue weighted by atomic mass is 10.3. The van der Waals surface area contributed by atoms with Gasteiger partial charge in [0.15, 0.2) is 11.5 Å². The van der Waals surface area contributed by atoms with E-state index in [2.05, 4.69) is 11.9 Å². The molecule has 1 aromatic rings. The Labute approximate surface area is 115 Å². The fourth-order valence-electron chi connectivity index (χ4n) is 1.30. The third kappa shape index (κ3) is 6.33. The van der Waals surface area contributed by atoms with Crippen molar-refractivity contribution in [2.75, 3.05) is 26.8 Å². The number of halogens is 1. The Bertz CT molecular complexity index is 367. The molecule has 0 saturated carbocycles. The highest BCUT2D eigenvalue weighted by atomic mass is 35.5. The Balaban J connectivity index is 0.00000289. The molecule has 0 aliphatic heterocycles. The molecule has 1 rings (SSSR count). The Morgan fingerprint density at radius 1 is 1.17 bits per heavy atom. The van der Waals surface area contributed by atoms with Crippen LogP contribution in [-0.2, 0) is 0 Å². The van der Waals surface area contributed by atoms with Crippen LogP contribution in [0, 0.1) is 0 Å². The van der Waals surface area contributed by atoms with Gasteiger partial charge in [-0.3, -0.25) is 0 Å². The highest BCUT2D eigenvalue weighted by molar-refractivity contribution is 5.85. The maximum atomic E-state index is 5.57. The molecule has 0 spiro atoms. The standard InChI is InChI=1S/C14H19NO2.ClH/c1-3-10-15-11-6-7-12-17-14-9-5-4-8-13(14)16-2;/h3-9,15H,1,10-12H2,2H3;1H. The summed E-state index contributed by atoms with van der Waals surface area (Å²) in [5.74, 6) is 1.52. The lowest BCUT2D eigenvalue weighted by Gasteiger charge is -2.08. The van der Waals surface area contributed by atoms with Gasteiger partial charge >= 0.3 is 0 Å². The van der Waals surface area contributed by atoms with Crippen molar-refractivity contribution < 1.29 is 9.47 Å². The summed E-state index contributed by atoms with van der Waals surface area (Å²) in [4.78, 5) is 0. The Hall–Kier alpha value is -1.45. The molecular weight excluding hydrogens is 250 g/mol. The first kappa shape index (κ1) is 16.6. The fraction of sp³-hybridized carbons (Fsp3) is 0.286. The number of methoxy groups -OCH3 is 1. The second kappa shape index (κ2) is 10.7. The molecule has 0 bridgehead atoms. The quantitative estimate of drug-likeness (QED) is 0.582. The van der Waals surface area contributed by atoms with Crippen molar-refractivity contribution in [1.29, 1.82) is 0 Å². The van der Waals surface area contributed by atoms with Crippen LogP contribution in [0.5, 0.6) is 11.5 Å². The van der Waals surface area contributed by atoms with E-state index in [1.165, 1.54) is 0 Å². The first-order valence-electron chi connectivity index (χ1n) is 5.61. The molecular formula is C14H20ClNO2. The molecule has 0 aliphatic carbocycles. The average Bonchev–Trinajstić information content (AvgIpc) is 2.38. The van der Waals surface area contributed by atoms with Gasteiger partial charge in [-0.25, -0.2) is 0 Å². The average molecular weight is 270 g/mol. The van der Waals surface area contributed by atoms with Crippen molar-refractivity contribution in [2.45, 2.75) is 0 Å². The fourth-order valence-corrected chi connectivity index (χ4v) is 1.30. The van der Waals surface area contributed by atoms with Crippen molar-refractivity contribution in [1.82, 2.24) is 5.32 Å². The minimum Gasteiger partial charge on any atom is -0.493 e. The second-order valence-electron chi connectivity index (χ2n) is 3.38. The highest BCUT2D eigenvalue weighted by Gasteiger charge is 1.99. The largest absolute Gasteiger partial charge is 0.493 e. The molecule has 0 unspecified atom stereocenters. The van der Waals surface area contributed by atoms with Crippen LogP contribution in [0.25, 0.3) is 0 Å². The van der Waals surface area contributed by atoms with Gasteiger partial charge in [-0.2, -0.15) is 0 Å². The number of rotatable bonds is 8. The van der Waals surface area contributed by atoms with Crippen LogP contribution < -0.4 is 14.8 Å². The van der Waals surface area contributed by atoms with Crippen molar-refractivity contribution in [2.24, 2.45) is 0 Å². The molecule has 100 valence electrons. The van der Waals surface area contributed by atoms with Crippen LogP contribution in [0.3, 0.4) is 0 Å². The second-order valence-corrected chi connectivity index (χ2v) is 3.38. The van der Waals surface area contributed by atoms with Gasteiger partial charge in [0.25, 0.3) is 0 Å². The third-order valence-corrected chi connectivity index (χ3v) is 2.12. The Morgan fingerprint density at radius 3 is 2.56 bits per heavy atom. The molecule has 3 nitrogen and oxygen atoms in total. The summed E-state index contributed by atoms with van der Waals surface area (Å²) >= 11 is 0. The van der Waals surface area contributed by atoms with Crippen LogP contribution in [0.15, 0.2) is 49.1 Å². The molecule has 0 heterocycles. The number of hydrogen-bond donors (Lipinski definition) is 1. The van der Waals surface area contributed by atoms with Crippen molar-refractivity contribution in [3.8, 4) is 11.5 Å². The molecule has 1 N–H and O–H groups in total. The van der Waals surface area contributed by atoms with Crippen LogP contribution >= 0.6 is 12.4 Å². The molecule has 1 aromatic carbocycles. The summed E-state index contributed by atoms with van der Waals surface area (Å²) in [6.45, 7) is 5.80. The van der Waals surface area contributed by atoms with Gasteiger partial charge in [0, 0.05) is 13.1 Å². The topological polar surface area (TPSA) is 30.5 Å². The minimum atomic E-state index is 0. The molecule has 4 heteroatoms. The zero-order valence-corrected chi connectivity index (χ0v) is 11.4. The normalized spacial score (nSPS) is 9.83. The summed E-state index contributed by atoms with van der Waals surface area (Å²) < 4.78 is 10.8. The van der Waals surface area contributed by atoms with Gasteiger partial charge in [0.1, 0.15) is 6.61 Å². The molecule has 18 heavy (non-hydrogen) atoms. The van der Waals surface area contributed by atoms with E-state index in [1.54, 1.807) is 7.11 Å². The Morgan fingerprint density at radius 2 is 1.89 bits per heavy atom. The lowest BCUT2D eigenvalue weighted by Crippen LogP contribution is -2.12. The number of para-hydroxylation sites is 2. The number of nitrogens with one attached hydrogen (secondary N) is 1. The van der Waals surface area contributed by atoms with Crippen LogP contribution in [0.2, 0.25) is 0 Å². The third-order valence-electron chi connectivity index (χ3n) is 2.12. The lowest BCUT2D eigenvalue weighted by molar-refractivity contribution is 0.326. The van der Waals surface area contributed by atoms with Gasteiger partial charge in [-0.05, 0) is 12.1 Å². The number of benzene rings is 1. The number of ether oxygens (including phenoxy) is 2. The number of hydrogen-bond acceptors (Lipinski definition) is 3. The zero-order valence-electron chi connectivity index (χ0n) is 10.6. The van der Waals surface area contributed by atoms with Gasteiger partial charge in [0.2, 0.25) is 0 Å². The molecule has 0 radical (unpaired) electrons. The van der Waals surface area contributed by atoms with E-state index in [9.17, 15) is 0 Å². The summed E-state index contributed by atoms with van der Waals surface area (Å²) in [6, 6.07) is 7.61. The first-order valence-corrected chi connectivity index (χ1v) is 5.61. The highest BCUT2D eigenvalue weighted by Crippen LogP contribution is 2.25. The monoisotopic (exact) mass is 269 g/mol. The van der Waals surface area contributed by atoms with E-state index in [-0.39, 0.29) is 12.4 Å². The zero-order chi connectivity index (χ0) is 12.3. The maximum absolute atomic E-state index is 5.57. The van der Waals surface area contributed by atoms with Gasteiger partial charge in [0.05, 0.1) is 7.11 Å². The van der Waals surface area contributed by atoms with E-state index in [0.29, 0.717) is 6.61 Å². The van der Waals surface area contributed by atoms with Gasteiger partial charge in [-0.1, -0.05) is 30.4 Å². The van der Waals surface area contributed by atoms with E-state index in [0.717, 1.165) is 24.6 Å². The summed E-state index contributed by atoms with van der Waals surface area (Å²) in [5.41, 5.74) is 0. The first-order chi connectivity index (χ1) is 8.38. The van der Waals surface area contributed by atoms with Crippen LogP contribution in [-0.4, -0.2) is 26.8 Å². The van der Waals surface area contributed by atoms with Gasteiger partial charge in [-0.15, -0.1) is 19.0 Å². The maximum Gasteiger partial charge on any atom is 0.161 e. The van der Waals surface area contributed by atoms with E-state index < -0.39 is 0 Å². The van der Waals surface area contributed by atoms with Crippen LogP contribution in [0.4, 0.5) is 0 Å². The summed E-state index contributed by atoms with van der Waals surface area (Å²) in [5, 5.41) is 3.17. The molecule has 0 saturated heterocycles. The van der Waals surface area contributed by atoms with Crippen molar-refractivity contribution >= 4 is 12.4 Å². The SMILES string of the molecule is C=CCNCC=CCOc1ccccc1OC.Cl. The predicted molar refractivity (Wildman–Crippen MR) is 77.9 cm³/mol. The van der Waals surface area contributed by atoms with E-state index >= 15 is 0 Å². The molecule has 0 amide bonds. The molecule has 0 fully saturated rings. The summed E-state index contributed by atoms with van der Waals surface area (Å²) in [7, 11) is 1.64. The van der Waals surface area contributed by atoms with Crippen LogP contribution in [0.1, 0.15) is 0 Å². The van der Waals surface area contributed by atoms with Crippen molar-refractivity contribution in [3.63, 3.8) is 0 Å². The van der Waals surface area contributed by atoms with E-state index in [1.807, 2.05) is 42.5 Å². The van der Waals surface area contributed by atoms with Crippen molar-refractivity contribution in [3.05, 3.63) is 49.1 Å². The Kier molecular flexibility index (Phi) is 9.83. The van der Waals surface area contributed by atoms with Gasteiger partial charge < -0.3 is 14.8 Å². The minimum absolute atomic E-state index is 0.